The summed E-state index contributed by atoms with van der Waals surface area (Å²) in [5.41, 5.74) is -1.01. The Morgan fingerprint density at radius 1 is 1.50 bits per heavy atom. The van der Waals surface area contributed by atoms with Crippen LogP contribution in [-0.4, -0.2) is 30.5 Å². The van der Waals surface area contributed by atoms with E-state index in [9.17, 15) is 27.7 Å². The Kier molecular flexibility index (Phi) is 4.40. The van der Waals surface area contributed by atoms with Crippen LogP contribution in [0.1, 0.15) is 12.5 Å². The number of nitro benzene ring substituents is 1. The first kappa shape index (κ1) is 16.0. The SMILES string of the molecule is Cc1c(F)cc(S(=O)(=O)N[C@H](C)C(=O)O)cc1[N+](=O)[O-]. The molecule has 0 aliphatic heterocycles. The number of nitro groups is 1. The summed E-state index contributed by atoms with van der Waals surface area (Å²) in [6.45, 7) is 2.20. The highest BCUT2D eigenvalue weighted by molar-refractivity contribution is 7.89. The van der Waals surface area contributed by atoms with Crippen LogP contribution in [0.15, 0.2) is 17.0 Å². The van der Waals surface area contributed by atoms with E-state index in [4.69, 9.17) is 5.11 Å². The second-order valence-electron chi connectivity index (χ2n) is 3.99. The lowest BCUT2D eigenvalue weighted by Gasteiger charge is -2.11. The Balaban J connectivity index is 3.33. The monoisotopic (exact) mass is 306 g/mol. The Labute approximate surface area is 113 Å². The first-order chi connectivity index (χ1) is 9.06. The molecular weight excluding hydrogens is 295 g/mol. The lowest BCUT2D eigenvalue weighted by molar-refractivity contribution is -0.385. The number of nitrogens with one attached hydrogen (secondary N) is 1. The first-order valence-electron chi connectivity index (χ1n) is 5.26. The van der Waals surface area contributed by atoms with Crippen molar-refractivity contribution in [3.8, 4) is 0 Å². The van der Waals surface area contributed by atoms with E-state index >= 15 is 0 Å². The van der Waals surface area contributed by atoms with Crippen molar-refractivity contribution in [3.63, 3.8) is 0 Å². The minimum atomic E-state index is -4.38. The van der Waals surface area contributed by atoms with Gasteiger partial charge in [0.15, 0.2) is 0 Å². The molecule has 0 heterocycles. The topological polar surface area (TPSA) is 127 Å². The number of carboxylic acid groups (broad SMARTS) is 1. The Bertz CT molecular complexity index is 673. The van der Waals surface area contributed by atoms with Gasteiger partial charge in [0, 0.05) is 6.07 Å². The van der Waals surface area contributed by atoms with E-state index in [-0.39, 0.29) is 5.56 Å². The van der Waals surface area contributed by atoms with Gasteiger partial charge in [0.2, 0.25) is 10.0 Å². The maximum Gasteiger partial charge on any atom is 0.321 e. The second kappa shape index (κ2) is 5.51. The fraction of sp³-hybridized carbons (Fsp3) is 0.300. The molecule has 1 atom stereocenters. The summed E-state index contributed by atoms with van der Waals surface area (Å²) in [5.74, 6) is -2.50. The molecule has 10 heteroatoms. The average molecular weight is 306 g/mol. The van der Waals surface area contributed by atoms with Crippen LogP contribution in [0.5, 0.6) is 0 Å². The van der Waals surface area contributed by atoms with Crippen LogP contribution < -0.4 is 4.72 Å². The number of hydrogen-bond donors (Lipinski definition) is 2. The Hall–Kier alpha value is -2.07. The van der Waals surface area contributed by atoms with Gasteiger partial charge >= 0.3 is 5.97 Å². The maximum atomic E-state index is 13.5. The summed E-state index contributed by atoms with van der Waals surface area (Å²) in [7, 11) is -4.38. The van der Waals surface area contributed by atoms with E-state index < -0.39 is 43.4 Å². The van der Waals surface area contributed by atoms with Crippen molar-refractivity contribution in [1.82, 2.24) is 4.72 Å². The van der Waals surface area contributed by atoms with E-state index in [0.29, 0.717) is 12.1 Å². The lowest BCUT2D eigenvalue weighted by atomic mass is 10.2. The van der Waals surface area contributed by atoms with Crippen molar-refractivity contribution in [2.45, 2.75) is 24.8 Å². The zero-order valence-corrected chi connectivity index (χ0v) is 11.3. The van der Waals surface area contributed by atoms with E-state index in [2.05, 4.69) is 0 Å². The molecule has 0 fully saturated rings. The Morgan fingerprint density at radius 2 is 2.05 bits per heavy atom. The molecule has 0 amide bonds. The summed E-state index contributed by atoms with van der Waals surface area (Å²) in [5, 5.41) is 19.3. The van der Waals surface area contributed by atoms with Gasteiger partial charge in [0.1, 0.15) is 11.9 Å². The molecule has 0 spiro atoms. The van der Waals surface area contributed by atoms with Gasteiger partial charge in [-0.05, 0) is 19.9 Å². The van der Waals surface area contributed by atoms with Crippen LogP contribution in [0.2, 0.25) is 0 Å². The number of sulfonamides is 1. The highest BCUT2D eigenvalue weighted by atomic mass is 32.2. The number of hydrogen-bond acceptors (Lipinski definition) is 5. The normalized spacial score (nSPS) is 12.9. The zero-order valence-electron chi connectivity index (χ0n) is 10.5. The van der Waals surface area contributed by atoms with E-state index in [1.165, 1.54) is 0 Å². The van der Waals surface area contributed by atoms with Crippen molar-refractivity contribution in [2.75, 3.05) is 0 Å². The highest BCUT2D eigenvalue weighted by Crippen LogP contribution is 2.25. The number of aliphatic carboxylic acids is 1. The number of benzene rings is 1. The molecule has 1 aromatic carbocycles. The minimum absolute atomic E-state index is 0.305. The van der Waals surface area contributed by atoms with Gasteiger partial charge in [-0.1, -0.05) is 0 Å². The minimum Gasteiger partial charge on any atom is -0.480 e. The van der Waals surface area contributed by atoms with Gasteiger partial charge < -0.3 is 5.11 Å². The molecule has 0 radical (unpaired) electrons. The maximum absolute atomic E-state index is 13.5. The van der Waals surface area contributed by atoms with Crippen LogP contribution in [-0.2, 0) is 14.8 Å². The van der Waals surface area contributed by atoms with Crippen molar-refractivity contribution >= 4 is 21.7 Å². The van der Waals surface area contributed by atoms with Crippen molar-refractivity contribution in [3.05, 3.63) is 33.6 Å². The highest BCUT2D eigenvalue weighted by Gasteiger charge is 2.26. The van der Waals surface area contributed by atoms with Gasteiger partial charge in [0.05, 0.1) is 15.4 Å². The summed E-state index contributed by atoms with van der Waals surface area (Å²) >= 11 is 0. The van der Waals surface area contributed by atoms with Crippen LogP contribution >= 0.6 is 0 Å². The van der Waals surface area contributed by atoms with Crippen molar-refractivity contribution in [2.24, 2.45) is 0 Å². The van der Waals surface area contributed by atoms with Gasteiger partial charge in [-0.3, -0.25) is 14.9 Å². The van der Waals surface area contributed by atoms with Gasteiger partial charge in [-0.15, -0.1) is 0 Å². The number of rotatable bonds is 5. The molecule has 110 valence electrons. The third kappa shape index (κ3) is 3.27. The van der Waals surface area contributed by atoms with Gasteiger partial charge in [-0.25, -0.2) is 12.8 Å². The molecule has 0 aliphatic carbocycles. The summed E-state index contributed by atoms with van der Waals surface area (Å²) in [6, 6.07) is -0.183. The second-order valence-corrected chi connectivity index (χ2v) is 5.70. The van der Waals surface area contributed by atoms with E-state index in [1.54, 1.807) is 4.72 Å². The molecule has 0 aromatic heterocycles. The summed E-state index contributed by atoms with van der Waals surface area (Å²) in [4.78, 5) is 19.7. The molecule has 0 bridgehead atoms. The fourth-order valence-corrected chi connectivity index (χ4v) is 2.56. The standard InChI is InChI=1S/C10H11FN2O6S/c1-5-8(11)3-7(4-9(5)13(16)17)20(18,19)12-6(2)10(14)15/h3-4,6,12H,1-2H3,(H,14,15)/t6-/m1/s1. The Morgan fingerprint density at radius 3 is 2.50 bits per heavy atom. The number of carbonyl (C=O) groups is 1. The summed E-state index contributed by atoms with van der Waals surface area (Å²) < 4.78 is 38.9. The molecule has 20 heavy (non-hydrogen) atoms. The molecule has 1 rings (SSSR count). The average Bonchev–Trinajstić information content (AvgIpc) is 2.31. The van der Waals surface area contributed by atoms with Crippen LogP contribution in [0.4, 0.5) is 10.1 Å². The van der Waals surface area contributed by atoms with Crippen LogP contribution in [0.3, 0.4) is 0 Å². The molecule has 0 unspecified atom stereocenters. The molecule has 1 aromatic rings. The number of nitrogens with zero attached hydrogens (tertiary/aromatic N) is 1. The van der Waals surface area contributed by atoms with E-state index in [0.717, 1.165) is 13.8 Å². The van der Waals surface area contributed by atoms with Gasteiger partial charge in [0.25, 0.3) is 5.69 Å². The summed E-state index contributed by atoms with van der Waals surface area (Å²) in [6.07, 6.45) is 0. The molecule has 0 saturated heterocycles. The molecule has 8 nitrogen and oxygen atoms in total. The van der Waals surface area contributed by atoms with Crippen LogP contribution in [0.25, 0.3) is 0 Å². The predicted octanol–water partition coefficient (Wildman–Crippen LogP) is 0.794. The van der Waals surface area contributed by atoms with Crippen molar-refractivity contribution in [1.29, 1.82) is 0 Å². The molecule has 0 saturated carbocycles. The molecule has 0 aliphatic rings. The first-order valence-corrected chi connectivity index (χ1v) is 6.74. The number of halogens is 1. The zero-order chi connectivity index (χ0) is 15.7. The largest absolute Gasteiger partial charge is 0.480 e. The smallest absolute Gasteiger partial charge is 0.321 e. The fourth-order valence-electron chi connectivity index (χ4n) is 1.34. The number of carboxylic acids is 1. The third-order valence-corrected chi connectivity index (χ3v) is 4.02. The predicted molar refractivity (Wildman–Crippen MR) is 65.2 cm³/mol. The lowest BCUT2D eigenvalue weighted by Crippen LogP contribution is -2.38. The third-order valence-electron chi connectivity index (χ3n) is 2.50. The molecule has 2 N–H and O–H groups in total. The molecular formula is C10H11FN2O6S. The van der Waals surface area contributed by atoms with E-state index in [1.807, 2.05) is 0 Å². The quantitative estimate of drug-likeness (QED) is 0.611. The van der Waals surface area contributed by atoms with Crippen LogP contribution in [0, 0.1) is 22.9 Å². The van der Waals surface area contributed by atoms with Gasteiger partial charge in [-0.2, -0.15) is 4.72 Å². The van der Waals surface area contributed by atoms with Crippen molar-refractivity contribution < 1.29 is 27.6 Å².